The SMILES string of the molecule is N#Cc1ccc2c(c1)C(N(CC(N)=O)C(=O)c1ccccc1N)CC2. The van der Waals surface area contributed by atoms with Crippen molar-refractivity contribution < 1.29 is 9.59 Å². The molecule has 0 bridgehead atoms. The molecule has 0 fully saturated rings. The number of benzene rings is 2. The standard InChI is InChI=1S/C19H18N4O2/c20-10-12-5-6-13-7-8-17(15(13)9-12)23(11-18(22)24)19(25)14-3-1-2-4-16(14)21/h1-6,9,17H,7-8,11,21H2,(H2,22,24). The zero-order valence-electron chi connectivity index (χ0n) is 13.6. The van der Waals surface area contributed by atoms with Crippen molar-refractivity contribution in [1.29, 1.82) is 5.26 Å². The number of nitrogens with two attached hydrogens (primary N) is 2. The third kappa shape index (κ3) is 3.17. The van der Waals surface area contributed by atoms with Gasteiger partial charge in [-0.05, 0) is 48.2 Å². The first-order chi connectivity index (χ1) is 12.0. The van der Waals surface area contributed by atoms with Crippen LogP contribution in [0.4, 0.5) is 5.69 Å². The molecule has 6 heteroatoms. The summed E-state index contributed by atoms with van der Waals surface area (Å²) in [5.41, 5.74) is 14.5. The van der Waals surface area contributed by atoms with E-state index in [0.717, 1.165) is 17.5 Å². The Morgan fingerprint density at radius 1 is 1.24 bits per heavy atom. The minimum absolute atomic E-state index is 0.200. The molecule has 1 unspecified atom stereocenters. The molecular formula is C19H18N4O2. The third-order valence-electron chi connectivity index (χ3n) is 4.48. The van der Waals surface area contributed by atoms with Crippen molar-refractivity contribution in [3.8, 4) is 6.07 Å². The molecule has 0 aliphatic heterocycles. The first kappa shape index (κ1) is 16.5. The lowest BCUT2D eigenvalue weighted by molar-refractivity contribution is -0.119. The molecule has 0 saturated carbocycles. The zero-order valence-corrected chi connectivity index (χ0v) is 13.6. The number of para-hydroxylation sites is 1. The molecule has 1 atom stereocenters. The summed E-state index contributed by atoms with van der Waals surface area (Å²) in [6.45, 7) is -0.200. The van der Waals surface area contributed by atoms with E-state index in [4.69, 9.17) is 16.7 Å². The molecule has 2 aromatic carbocycles. The van der Waals surface area contributed by atoms with Gasteiger partial charge in [0, 0.05) is 5.69 Å². The molecule has 1 aliphatic rings. The minimum atomic E-state index is -0.590. The van der Waals surface area contributed by atoms with Crippen molar-refractivity contribution >= 4 is 17.5 Å². The van der Waals surface area contributed by atoms with Gasteiger partial charge in [-0.15, -0.1) is 0 Å². The van der Waals surface area contributed by atoms with Crippen molar-refractivity contribution in [3.05, 3.63) is 64.7 Å². The van der Waals surface area contributed by atoms with Gasteiger partial charge in [0.1, 0.15) is 6.54 Å². The molecule has 0 heterocycles. The summed E-state index contributed by atoms with van der Waals surface area (Å²) in [6.07, 6.45) is 1.45. The Kier molecular flexibility index (Phi) is 4.40. The third-order valence-corrected chi connectivity index (χ3v) is 4.48. The van der Waals surface area contributed by atoms with Crippen LogP contribution >= 0.6 is 0 Å². The molecule has 0 spiro atoms. The van der Waals surface area contributed by atoms with Gasteiger partial charge in [0.2, 0.25) is 5.91 Å². The van der Waals surface area contributed by atoms with E-state index in [9.17, 15) is 9.59 Å². The van der Waals surface area contributed by atoms with Crippen molar-refractivity contribution in [2.75, 3.05) is 12.3 Å². The molecule has 4 N–H and O–H groups in total. The van der Waals surface area contributed by atoms with E-state index >= 15 is 0 Å². The Balaban J connectivity index is 2.02. The van der Waals surface area contributed by atoms with Gasteiger partial charge in [-0.1, -0.05) is 18.2 Å². The van der Waals surface area contributed by atoms with Crippen LogP contribution in [0.1, 0.15) is 39.5 Å². The van der Waals surface area contributed by atoms with Gasteiger partial charge in [0.15, 0.2) is 0 Å². The van der Waals surface area contributed by atoms with Crippen molar-refractivity contribution in [1.82, 2.24) is 4.90 Å². The Morgan fingerprint density at radius 2 is 2.00 bits per heavy atom. The number of carbonyl (C=O) groups is 2. The monoisotopic (exact) mass is 334 g/mol. The van der Waals surface area contributed by atoms with Crippen LogP contribution in [-0.2, 0) is 11.2 Å². The quantitative estimate of drug-likeness (QED) is 0.829. The minimum Gasteiger partial charge on any atom is -0.398 e. The van der Waals surface area contributed by atoms with Crippen LogP contribution in [0.25, 0.3) is 0 Å². The fraction of sp³-hybridized carbons (Fsp3) is 0.211. The molecule has 126 valence electrons. The number of hydrogen-bond acceptors (Lipinski definition) is 4. The molecule has 0 radical (unpaired) electrons. The summed E-state index contributed by atoms with van der Waals surface area (Å²) in [6, 6.07) is 14.0. The van der Waals surface area contributed by atoms with E-state index in [1.807, 2.05) is 6.07 Å². The van der Waals surface area contributed by atoms with Crippen LogP contribution in [0.2, 0.25) is 0 Å². The number of fused-ring (bicyclic) bond motifs is 1. The molecule has 0 aromatic heterocycles. The van der Waals surface area contributed by atoms with Gasteiger partial charge in [-0.2, -0.15) is 5.26 Å². The Hall–Kier alpha value is -3.33. The molecule has 3 rings (SSSR count). The number of rotatable bonds is 4. The number of primary amides is 1. The van der Waals surface area contributed by atoms with Gasteiger partial charge >= 0.3 is 0 Å². The van der Waals surface area contributed by atoms with Gasteiger partial charge in [-0.25, -0.2) is 0 Å². The number of nitriles is 1. The molecular weight excluding hydrogens is 316 g/mol. The predicted octanol–water partition coefficient (Wildman–Crippen LogP) is 1.76. The van der Waals surface area contributed by atoms with Gasteiger partial charge in [0.25, 0.3) is 5.91 Å². The second-order valence-corrected chi connectivity index (χ2v) is 6.07. The summed E-state index contributed by atoms with van der Waals surface area (Å²) in [4.78, 5) is 26.1. The number of carbonyl (C=O) groups excluding carboxylic acids is 2. The van der Waals surface area contributed by atoms with Crippen LogP contribution in [-0.4, -0.2) is 23.3 Å². The normalized spacial score (nSPS) is 15.2. The maximum absolute atomic E-state index is 13.0. The zero-order chi connectivity index (χ0) is 18.0. The fourth-order valence-electron chi connectivity index (χ4n) is 3.31. The lowest BCUT2D eigenvalue weighted by atomic mass is 10.0. The van der Waals surface area contributed by atoms with Crippen molar-refractivity contribution in [2.24, 2.45) is 5.73 Å². The largest absolute Gasteiger partial charge is 0.398 e. The number of nitrogens with zero attached hydrogens (tertiary/aromatic N) is 2. The maximum Gasteiger partial charge on any atom is 0.256 e. The molecule has 1 aliphatic carbocycles. The second kappa shape index (κ2) is 6.65. The summed E-state index contributed by atoms with van der Waals surface area (Å²) in [5.74, 6) is -0.926. The Labute approximate surface area is 145 Å². The summed E-state index contributed by atoms with van der Waals surface area (Å²) in [5, 5.41) is 9.14. The van der Waals surface area contributed by atoms with E-state index in [0.29, 0.717) is 23.2 Å². The van der Waals surface area contributed by atoms with E-state index < -0.39 is 5.91 Å². The molecule has 0 saturated heterocycles. The fourth-order valence-corrected chi connectivity index (χ4v) is 3.31. The molecule has 6 nitrogen and oxygen atoms in total. The maximum atomic E-state index is 13.0. The first-order valence-corrected chi connectivity index (χ1v) is 7.98. The highest BCUT2D eigenvalue weighted by Gasteiger charge is 2.33. The highest BCUT2D eigenvalue weighted by atomic mass is 16.2. The van der Waals surface area contributed by atoms with E-state index in [1.54, 1.807) is 36.4 Å². The second-order valence-electron chi connectivity index (χ2n) is 6.07. The number of hydrogen-bond donors (Lipinski definition) is 2. The number of anilines is 1. The van der Waals surface area contributed by atoms with Crippen LogP contribution in [0.5, 0.6) is 0 Å². The highest BCUT2D eigenvalue weighted by molar-refractivity contribution is 6.00. The van der Waals surface area contributed by atoms with Crippen LogP contribution in [0.15, 0.2) is 42.5 Å². The van der Waals surface area contributed by atoms with Gasteiger partial charge in [0.05, 0.1) is 23.2 Å². The van der Waals surface area contributed by atoms with E-state index in [1.165, 1.54) is 4.90 Å². The number of aryl methyl sites for hydroxylation is 1. The Morgan fingerprint density at radius 3 is 2.68 bits per heavy atom. The topological polar surface area (TPSA) is 113 Å². The first-order valence-electron chi connectivity index (χ1n) is 7.98. The summed E-state index contributed by atoms with van der Waals surface area (Å²) < 4.78 is 0. The summed E-state index contributed by atoms with van der Waals surface area (Å²) in [7, 11) is 0. The van der Waals surface area contributed by atoms with Gasteiger partial charge in [-0.3, -0.25) is 9.59 Å². The molecule has 25 heavy (non-hydrogen) atoms. The Bertz CT molecular complexity index is 885. The van der Waals surface area contributed by atoms with E-state index in [2.05, 4.69) is 6.07 Å². The number of nitrogen functional groups attached to an aromatic ring is 1. The van der Waals surface area contributed by atoms with Crippen molar-refractivity contribution in [2.45, 2.75) is 18.9 Å². The highest BCUT2D eigenvalue weighted by Crippen LogP contribution is 2.37. The van der Waals surface area contributed by atoms with Gasteiger partial charge < -0.3 is 16.4 Å². The summed E-state index contributed by atoms with van der Waals surface area (Å²) >= 11 is 0. The van der Waals surface area contributed by atoms with E-state index in [-0.39, 0.29) is 18.5 Å². The lowest BCUT2D eigenvalue weighted by Crippen LogP contribution is -2.40. The van der Waals surface area contributed by atoms with Crippen molar-refractivity contribution in [3.63, 3.8) is 0 Å². The smallest absolute Gasteiger partial charge is 0.256 e. The molecule has 2 amide bonds. The number of amides is 2. The predicted molar refractivity (Wildman–Crippen MR) is 93.3 cm³/mol. The van der Waals surface area contributed by atoms with Crippen LogP contribution < -0.4 is 11.5 Å². The molecule has 2 aromatic rings. The average Bonchev–Trinajstić information content (AvgIpc) is 3.02. The average molecular weight is 334 g/mol. The van der Waals surface area contributed by atoms with Crippen LogP contribution in [0, 0.1) is 11.3 Å². The lowest BCUT2D eigenvalue weighted by Gasteiger charge is -2.29. The van der Waals surface area contributed by atoms with Crippen LogP contribution in [0.3, 0.4) is 0 Å².